The van der Waals surface area contributed by atoms with Crippen LogP contribution >= 0.6 is 0 Å². The number of nitrogens with two attached hydrogens (primary N) is 1. The van der Waals surface area contributed by atoms with E-state index >= 15 is 0 Å². The fourth-order valence-corrected chi connectivity index (χ4v) is 2.41. The summed E-state index contributed by atoms with van der Waals surface area (Å²) >= 11 is 0. The number of amides is 2. The highest BCUT2D eigenvalue weighted by molar-refractivity contribution is 7.89. The summed E-state index contributed by atoms with van der Waals surface area (Å²) in [7, 11) is -3.79. The van der Waals surface area contributed by atoms with Gasteiger partial charge in [0.25, 0.3) is 0 Å². The van der Waals surface area contributed by atoms with Gasteiger partial charge in [0.05, 0.1) is 10.5 Å². The van der Waals surface area contributed by atoms with Crippen LogP contribution in [0.3, 0.4) is 0 Å². The molecule has 0 spiro atoms. The van der Waals surface area contributed by atoms with E-state index in [0.717, 1.165) is 24.3 Å². The van der Waals surface area contributed by atoms with Gasteiger partial charge in [0.2, 0.25) is 10.0 Å². The maximum Gasteiger partial charge on any atom is 0.416 e. The van der Waals surface area contributed by atoms with Crippen LogP contribution in [0.2, 0.25) is 0 Å². The van der Waals surface area contributed by atoms with Crippen molar-refractivity contribution in [2.45, 2.75) is 17.6 Å². The van der Waals surface area contributed by atoms with Gasteiger partial charge in [-0.05, 0) is 42.0 Å². The number of hydrogen-bond donors (Lipinski definition) is 3. The number of halogens is 3. The summed E-state index contributed by atoms with van der Waals surface area (Å²) in [4.78, 5) is 11.7. The lowest BCUT2D eigenvalue weighted by molar-refractivity contribution is -0.137. The Labute approximate surface area is 141 Å². The zero-order valence-electron chi connectivity index (χ0n) is 12.7. The highest BCUT2D eigenvalue weighted by atomic mass is 32.2. The molecule has 0 radical (unpaired) electrons. The molecule has 2 aromatic carbocycles. The number of urea groups is 1. The minimum absolute atomic E-state index is 0.0505. The van der Waals surface area contributed by atoms with E-state index in [9.17, 15) is 26.4 Å². The quantitative estimate of drug-likeness (QED) is 0.768. The second-order valence-electron chi connectivity index (χ2n) is 5.07. The Balaban J connectivity index is 1.90. The van der Waals surface area contributed by atoms with Crippen molar-refractivity contribution in [2.24, 2.45) is 5.14 Å². The number of alkyl halides is 3. The summed E-state index contributed by atoms with van der Waals surface area (Å²) in [6, 6.07) is 8.97. The van der Waals surface area contributed by atoms with Crippen LogP contribution in [0.4, 0.5) is 23.7 Å². The third kappa shape index (κ3) is 5.47. The number of sulfonamides is 1. The van der Waals surface area contributed by atoms with E-state index in [1.165, 1.54) is 24.3 Å². The topological polar surface area (TPSA) is 101 Å². The van der Waals surface area contributed by atoms with Gasteiger partial charge in [-0.15, -0.1) is 0 Å². The van der Waals surface area contributed by atoms with E-state index in [1.54, 1.807) is 0 Å². The van der Waals surface area contributed by atoms with Crippen LogP contribution in [0.1, 0.15) is 11.1 Å². The molecular weight excluding hydrogens is 359 g/mol. The molecule has 0 fully saturated rings. The number of carbonyl (C=O) groups excluding carboxylic acids is 1. The molecule has 0 bridgehead atoms. The van der Waals surface area contributed by atoms with Gasteiger partial charge in [-0.25, -0.2) is 18.4 Å². The summed E-state index contributed by atoms with van der Waals surface area (Å²) in [5.41, 5.74) is 0.0125. The predicted molar refractivity (Wildman–Crippen MR) is 85.1 cm³/mol. The molecule has 0 unspecified atom stereocenters. The molecule has 2 rings (SSSR count). The fraction of sp³-hybridized carbons (Fsp3) is 0.133. The SMILES string of the molecule is NS(=O)(=O)c1ccc(CNC(=O)Nc2ccc(C(F)(F)F)cc2)cc1. The monoisotopic (exact) mass is 373 g/mol. The summed E-state index contributed by atoms with van der Waals surface area (Å²) in [6.45, 7) is 0.0946. The summed E-state index contributed by atoms with van der Waals surface area (Å²) in [6.07, 6.45) is -4.44. The first-order valence-corrected chi connectivity index (χ1v) is 8.44. The zero-order chi connectivity index (χ0) is 18.7. The Hall–Kier alpha value is -2.59. The van der Waals surface area contributed by atoms with Crippen molar-refractivity contribution < 1.29 is 26.4 Å². The highest BCUT2D eigenvalue weighted by Gasteiger charge is 2.29. The van der Waals surface area contributed by atoms with E-state index in [4.69, 9.17) is 5.14 Å². The van der Waals surface area contributed by atoms with Gasteiger partial charge in [0.15, 0.2) is 0 Å². The Kier molecular flexibility index (Phi) is 5.33. The average molecular weight is 373 g/mol. The molecule has 2 amide bonds. The Morgan fingerprint density at radius 2 is 1.56 bits per heavy atom. The van der Waals surface area contributed by atoms with Crippen LogP contribution in [0.15, 0.2) is 53.4 Å². The number of benzene rings is 2. The van der Waals surface area contributed by atoms with Crippen LogP contribution < -0.4 is 15.8 Å². The van der Waals surface area contributed by atoms with Crippen molar-refractivity contribution >= 4 is 21.7 Å². The van der Waals surface area contributed by atoms with E-state index in [0.29, 0.717) is 5.56 Å². The molecule has 0 aliphatic heterocycles. The molecule has 0 aliphatic rings. The van der Waals surface area contributed by atoms with E-state index in [1.807, 2.05) is 0 Å². The first-order valence-electron chi connectivity index (χ1n) is 6.89. The average Bonchev–Trinajstić information content (AvgIpc) is 2.52. The number of rotatable bonds is 4. The summed E-state index contributed by atoms with van der Waals surface area (Å²) in [5, 5.41) is 9.87. The van der Waals surface area contributed by atoms with Gasteiger partial charge in [-0.2, -0.15) is 13.2 Å². The first kappa shape index (κ1) is 18.7. The second kappa shape index (κ2) is 7.11. The maximum atomic E-state index is 12.4. The first-order chi connectivity index (χ1) is 11.6. The molecule has 134 valence electrons. The lowest BCUT2D eigenvalue weighted by Crippen LogP contribution is -2.28. The van der Waals surface area contributed by atoms with Gasteiger partial charge < -0.3 is 10.6 Å². The van der Waals surface area contributed by atoms with Crippen LogP contribution in [-0.2, 0) is 22.7 Å². The van der Waals surface area contributed by atoms with E-state index < -0.39 is 27.8 Å². The number of hydrogen-bond acceptors (Lipinski definition) is 3. The van der Waals surface area contributed by atoms with Crippen LogP contribution in [0, 0.1) is 0 Å². The minimum atomic E-state index is -4.44. The summed E-state index contributed by atoms with van der Waals surface area (Å²) < 4.78 is 59.6. The molecular formula is C15H14F3N3O3S. The fourth-order valence-electron chi connectivity index (χ4n) is 1.90. The van der Waals surface area contributed by atoms with Crippen molar-refractivity contribution in [3.05, 3.63) is 59.7 Å². The molecule has 0 heterocycles. The molecule has 0 atom stereocenters. The molecule has 0 aromatic heterocycles. The third-order valence-corrected chi connectivity index (χ3v) is 4.10. The van der Waals surface area contributed by atoms with Gasteiger partial charge in [-0.1, -0.05) is 12.1 Å². The van der Waals surface area contributed by atoms with Crippen molar-refractivity contribution in [1.29, 1.82) is 0 Å². The normalized spacial score (nSPS) is 11.8. The van der Waals surface area contributed by atoms with Crippen LogP contribution in [0.5, 0.6) is 0 Å². The molecule has 4 N–H and O–H groups in total. The lowest BCUT2D eigenvalue weighted by atomic mass is 10.2. The van der Waals surface area contributed by atoms with E-state index in [2.05, 4.69) is 10.6 Å². The van der Waals surface area contributed by atoms with Gasteiger partial charge in [0, 0.05) is 12.2 Å². The van der Waals surface area contributed by atoms with Gasteiger partial charge in [-0.3, -0.25) is 0 Å². The maximum absolute atomic E-state index is 12.4. The van der Waals surface area contributed by atoms with Crippen molar-refractivity contribution in [3.63, 3.8) is 0 Å². The molecule has 0 saturated heterocycles. The second-order valence-corrected chi connectivity index (χ2v) is 6.63. The number of nitrogens with one attached hydrogen (secondary N) is 2. The Bertz CT molecular complexity index is 848. The van der Waals surface area contributed by atoms with Crippen LogP contribution in [0.25, 0.3) is 0 Å². The number of carbonyl (C=O) groups is 1. The molecule has 10 heteroatoms. The molecule has 2 aromatic rings. The van der Waals surface area contributed by atoms with Crippen molar-refractivity contribution in [2.75, 3.05) is 5.32 Å². The Morgan fingerprint density at radius 3 is 2.04 bits per heavy atom. The van der Waals surface area contributed by atoms with Gasteiger partial charge in [0.1, 0.15) is 0 Å². The molecule has 0 saturated carbocycles. The van der Waals surface area contributed by atoms with Crippen molar-refractivity contribution in [3.8, 4) is 0 Å². The minimum Gasteiger partial charge on any atom is -0.334 e. The number of anilines is 1. The largest absolute Gasteiger partial charge is 0.416 e. The van der Waals surface area contributed by atoms with E-state index in [-0.39, 0.29) is 17.1 Å². The standard InChI is InChI=1S/C15H14F3N3O3S/c16-15(17,18)11-3-5-12(6-4-11)21-14(22)20-9-10-1-7-13(8-2-10)25(19,23)24/h1-8H,9H2,(H2,19,23,24)(H2,20,21,22). The molecule has 25 heavy (non-hydrogen) atoms. The summed E-state index contributed by atoms with van der Waals surface area (Å²) in [5.74, 6) is 0. The molecule has 6 nitrogen and oxygen atoms in total. The zero-order valence-corrected chi connectivity index (χ0v) is 13.5. The highest BCUT2D eigenvalue weighted by Crippen LogP contribution is 2.29. The van der Waals surface area contributed by atoms with Gasteiger partial charge >= 0.3 is 12.2 Å². The third-order valence-electron chi connectivity index (χ3n) is 3.18. The Morgan fingerprint density at radius 1 is 1.00 bits per heavy atom. The predicted octanol–water partition coefficient (Wildman–Crippen LogP) is 2.67. The smallest absolute Gasteiger partial charge is 0.334 e. The lowest BCUT2D eigenvalue weighted by Gasteiger charge is -2.10. The number of primary sulfonamides is 1. The van der Waals surface area contributed by atoms with Crippen molar-refractivity contribution in [1.82, 2.24) is 5.32 Å². The van der Waals surface area contributed by atoms with Crippen LogP contribution in [-0.4, -0.2) is 14.4 Å². The molecule has 0 aliphatic carbocycles.